The normalized spacial score (nSPS) is 13.8. The molecule has 3 rings (SSSR count). The van der Waals surface area contributed by atoms with E-state index in [1.807, 2.05) is 0 Å². The molecule has 0 bridgehead atoms. The molecule has 0 unspecified atom stereocenters. The first-order valence-corrected chi connectivity index (χ1v) is 13.6. The number of amides is 1. The third kappa shape index (κ3) is 7.73. The molecule has 0 radical (unpaired) electrons. The lowest BCUT2D eigenvalue weighted by atomic mass is 9.79. The van der Waals surface area contributed by atoms with Gasteiger partial charge in [-0.2, -0.15) is 0 Å². The Balaban J connectivity index is 1.75. The van der Waals surface area contributed by atoms with Crippen LogP contribution in [0, 0.1) is 0 Å². The van der Waals surface area contributed by atoms with Crippen LogP contribution in [0.25, 0.3) is 0 Å². The molecule has 1 fully saturated rings. The van der Waals surface area contributed by atoms with Crippen LogP contribution in [0.4, 0.5) is 4.79 Å². The Morgan fingerprint density at radius 1 is 1.08 bits per heavy atom. The topological polar surface area (TPSA) is 135 Å². The first kappa shape index (κ1) is 28.5. The van der Waals surface area contributed by atoms with E-state index in [-0.39, 0.29) is 25.3 Å². The number of carbonyl (C=O) groups excluding carboxylic acids is 3. The summed E-state index contributed by atoms with van der Waals surface area (Å²) < 4.78 is 17.7. The number of aromatic nitrogens is 4. The maximum absolute atomic E-state index is 13.3. The highest BCUT2D eigenvalue weighted by Gasteiger charge is 2.52. The summed E-state index contributed by atoms with van der Waals surface area (Å²) in [6.45, 7) is 9.70. The zero-order valence-electron chi connectivity index (χ0n) is 22.2. The van der Waals surface area contributed by atoms with Crippen molar-refractivity contribution in [3.05, 3.63) is 28.2 Å². The average molecular weight is 536 g/mol. The molecule has 12 heteroatoms. The van der Waals surface area contributed by atoms with Crippen LogP contribution in [0.15, 0.2) is 12.5 Å². The van der Waals surface area contributed by atoms with Crippen LogP contribution in [-0.4, -0.2) is 63.1 Å². The number of carbonyl (C=O) groups is 3. The van der Waals surface area contributed by atoms with E-state index in [0.29, 0.717) is 31.8 Å². The van der Waals surface area contributed by atoms with Crippen LogP contribution in [0.5, 0.6) is 0 Å². The number of nitrogens with one attached hydrogen (secondary N) is 1. The van der Waals surface area contributed by atoms with Crippen LogP contribution in [0.3, 0.4) is 0 Å². The summed E-state index contributed by atoms with van der Waals surface area (Å²) in [6.07, 6.45) is 6.08. The highest BCUT2D eigenvalue weighted by atomic mass is 32.1. The van der Waals surface area contributed by atoms with Crippen molar-refractivity contribution in [2.75, 3.05) is 19.8 Å². The Labute approximate surface area is 221 Å². The Kier molecular flexibility index (Phi) is 9.63. The maximum atomic E-state index is 13.3. The van der Waals surface area contributed by atoms with Gasteiger partial charge >= 0.3 is 18.0 Å². The molecule has 2 heterocycles. The van der Waals surface area contributed by atoms with Gasteiger partial charge in [0, 0.05) is 18.7 Å². The number of hydrogen-bond acceptors (Lipinski definition) is 10. The molecule has 0 atom stereocenters. The van der Waals surface area contributed by atoms with Crippen molar-refractivity contribution in [1.29, 1.82) is 0 Å². The molecule has 1 N–H and O–H groups in total. The first-order chi connectivity index (χ1) is 17.6. The summed E-state index contributed by atoms with van der Waals surface area (Å²) in [6, 6.07) is 0. The third-order valence-corrected chi connectivity index (χ3v) is 6.76. The molecule has 1 aliphatic carbocycles. The van der Waals surface area contributed by atoms with Crippen molar-refractivity contribution in [2.45, 2.75) is 90.2 Å². The zero-order valence-corrected chi connectivity index (χ0v) is 23.1. The second-order valence-electron chi connectivity index (χ2n) is 9.97. The van der Waals surface area contributed by atoms with Crippen LogP contribution in [0.2, 0.25) is 0 Å². The third-order valence-electron chi connectivity index (χ3n) is 5.69. The SMILES string of the molecule is CCOC(=O)C(CCCCNC(=O)OC(C)(C)C)(C(=O)OCC)c1cn(Cc2nnc(C3CC3)s2)cn1. The second kappa shape index (κ2) is 12.5. The van der Waals surface area contributed by atoms with Crippen LogP contribution in [-0.2, 0) is 35.8 Å². The van der Waals surface area contributed by atoms with Gasteiger partial charge < -0.3 is 24.1 Å². The molecular weight excluding hydrogens is 498 g/mol. The van der Waals surface area contributed by atoms with Gasteiger partial charge in [-0.25, -0.2) is 9.78 Å². The van der Waals surface area contributed by atoms with Gasteiger partial charge in [0.2, 0.25) is 5.41 Å². The smallest absolute Gasteiger partial charge is 0.407 e. The zero-order chi connectivity index (χ0) is 27.1. The predicted molar refractivity (Wildman–Crippen MR) is 136 cm³/mol. The van der Waals surface area contributed by atoms with E-state index in [9.17, 15) is 14.4 Å². The molecular formula is C25H37N5O6S. The number of rotatable bonds is 13. The number of hydrogen-bond donors (Lipinski definition) is 1. The minimum Gasteiger partial charge on any atom is -0.465 e. The Morgan fingerprint density at radius 3 is 2.35 bits per heavy atom. The van der Waals surface area contributed by atoms with Crippen LogP contribution >= 0.6 is 11.3 Å². The van der Waals surface area contributed by atoms with E-state index < -0.39 is 29.0 Å². The lowest BCUT2D eigenvalue weighted by Crippen LogP contribution is -2.46. The van der Waals surface area contributed by atoms with Crippen LogP contribution in [0.1, 0.15) is 88.3 Å². The lowest BCUT2D eigenvalue weighted by molar-refractivity contribution is -0.165. The Hall–Kier alpha value is -3.02. The summed E-state index contributed by atoms with van der Waals surface area (Å²) >= 11 is 1.57. The number of ether oxygens (including phenoxy) is 3. The molecule has 204 valence electrons. The summed E-state index contributed by atoms with van der Waals surface area (Å²) in [5.41, 5.74) is -2.06. The van der Waals surface area contributed by atoms with Gasteiger partial charge in [-0.05, 0) is 66.7 Å². The first-order valence-electron chi connectivity index (χ1n) is 12.7. The lowest BCUT2D eigenvalue weighted by Gasteiger charge is -2.27. The predicted octanol–water partition coefficient (Wildman–Crippen LogP) is 3.72. The summed E-state index contributed by atoms with van der Waals surface area (Å²) in [5, 5.41) is 13.1. The largest absolute Gasteiger partial charge is 0.465 e. The van der Waals surface area contributed by atoms with Gasteiger partial charge in [-0.15, -0.1) is 10.2 Å². The molecule has 0 spiro atoms. The summed E-state index contributed by atoms with van der Waals surface area (Å²) in [4.78, 5) is 42.9. The Bertz CT molecular complexity index is 1050. The molecule has 0 aromatic carbocycles. The average Bonchev–Trinajstić information content (AvgIpc) is 3.39. The van der Waals surface area contributed by atoms with Crippen molar-refractivity contribution in [3.8, 4) is 0 Å². The molecule has 11 nitrogen and oxygen atoms in total. The summed E-state index contributed by atoms with van der Waals surface area (Å²) in [5.74, 6) is -0.883. The van der Waals surface area contributed by atoms with E-state index in [2.05, 4.69) is 20.5 Å². The number of esters is 2. The van der Waals surface area contributed by atoms with Crippen molar-refractivity contribution >= 4 is 29.4 Å². The molecule has 0 saturated heterocycles. The van der Waals surface area contributed by atoms with E-state index in [1.165, 1.54) is 0 Å². The van der Waals surface area contributed by atoms with E-state index in [4.69, 9.17) is 14.2 Å². The van der Waals surface area contributed by atoms with Gasteiger partial charge in [0.25, 0.3) is 0 Å². The fourth-order valence-corrected chi connectivity index (χ4v) is 4.82. The number of nitrogens with zero attached hydrogens (tertiary/aromatic N) is 4. The fraction of sp³-hybridized carbons (Fsp3) is 0.680. The highest BCUT2D eigenvalue weighted by Crippen LogP contribution is 2.41. The van der Waals surface area contributed by atoms with E-state index in [1.54, 1.807) is 63.0 Å². The molecule has 0 aliphatic heterocycles. The van der Waals surface area contributed by atoms with Gasteiger partial charge in [0.15, 0.2) is 0 Å². The number of imidazole rings is 1. The standard InChI is InChI=1S/C25H37N5O6S/c1-6-34-21(31)25(22(32)35-7-2,12-8-9-13-26-23(33)36-24(3,4)5)18-14-30(16-27-18)15-19-28-29-20(37-19)17-10-11-17/h14,16-17H,6-13,15H2,1-5H3,(H,26,33). The van der Waals surface area contributed by atoms with Crippen molar-refractivity contribution < 1.29 is 28.6 Å². The number of alkyl carbamates (subject to hydrolysis) is 1. The van der Waals surface area contributed by atoms with Gasteiger partial charge in [-0.3, -0.25) is 9.59 Å². The van der Waals surface area contributed by atoms with E-state index in [0.717, 1.165) is 22.9 Å². The minimum absolute atomic E-state index is 0.107. The van der Waals surface area contributed by atoms with Gasteiger partial charge in [0.05, 0.1) is 31.8 Å². The highest BCUT2D eigenvalue weighted by molar-refractivity contribution is 7.11. The van der Waals surface area contributed by atoms with Crippen molar-refractivity contribution in [3.63, 3.8) is 0 Å². The molecule has 2 aromatic rings. The van der Waals surface area contributed by atoms with Gasteiger partial charge in [0.1, 0.15) is 15.6 Å². The second-order valence-corrected chi connectivity index (χ2v) is 11.1. The maximum Gasteiger partial charge on any atom is 0.407 e. The molecule has 1 amide bonds. The molecule has 37 heavy (non-hydrogen) atoms. The van der Waals surface area contributed by atoms with Crippen molar-refractivity contribution in [2.24, 2.45) is 0 Å². The van der Waals surface area contributed by atoms with Gasteiger partial charge in [-0.1, -0.05) is 11.3 Å². The quantitative estimate of drug-likeness (QED) is 0.176. The van der Waals surface area contributed by atoms with E-state index >= 15 is 0 Å². The monoisotopic (exact) mass is 535 g/mol. The molecule has 1 aliphatic rings. The summed E-state index contributed by atoms with van der Waals surface area (Å²) in [7, 11) is 0. The molecule has 2 aromatic heterocycles. The Morgan fingerprint density at radius 2 is 1.76 bits per heavy atom. The van der Waals surface area contributed by atoms with Crippen molar-refractivity contribution in [1.82, 2.24) is 25.1 Å². The fourth-order valence-electron chi connectivity index (χ4n) is 3.80. The number of unbranched alkanes of at least 4 members (excludes halogenated alkanes) is 1. The minimum atomic E-state index is -1.72. The van der Waals surface area contributed by atoms with Crippen LogP contribution < -0.4 is 5.32 Å². The molecule has 1 saturated carbocycles.